The standard InChI is InChI=1S/C16H18N4O5S/c1-10-17-14(20(24)25)8-19(10)9-15(21)18-13(7-16(22)23)11-3-5-12(26-2)6-4-11/h3-6,8,13H,7,9H2,1-2H3,(H,18,21)(H,22,23). The molecule has 1 unspecified atom stereocenters. The summed E-state index contributed by atoms with van der Waals surface area (Å²) < 4.78 is 1.35. The topological polar surface area (TPSA) is 127 Å². The van der Waals surface area contributed by atoms with E-state index in [0.717, 1.165) is 4.90 Å². The Morgan fingerprint density at radius 1 is 1.38 bits per heavy atom. The lowest BCUT2D eigenvalue weighted by atomic mass is 10.0. The van der Waals surface area contributed by atoms with E-state index in [9.17, 15) is 19.7 Å². The zero-order valence-electron chi connectivity index (χ0n) is 14.2. The third-order valence-electron chi connectivity index (χ3n) is 3.70. The Balaban J connectivity index is 2.13. The molecule has 2 aromatic rings. The maximum atomic E-state index is 12.3. The molecule has 138 valence electrons. The van der Waals surface area contributed by atoms with Gasteiger partial charge in [0.05, 0.1) is 12.5 Å². The molecule has 1 amide bonds. The van der Waals surface area contributed by atoms with Crippen molar-refractivity contribution in [2.24, 2.45) is 0 Å². The van der Waals surface area contributed by atoms with Crippen molar-refractivity contribution in [3.05, 3.63) is 52.0 Å². The molecular formula is C16H18N4O5S. The molecule has 10 heteroatoms. The molecule has 9 nitrogen and oxygen atoms in total. The zero-order valence-corrected chi connectivity index (χ0v) is 15.0. The van der Waals surface area contributed by atoms with Crippen LogP contribution >= 0.6 is 11.8 Å². The van der Waals surface area contributed by atoms with Gasteiger partial charge in [0.15, 0.2) is 0 Å². The molecule has 2 rings (SSSR count). The number of amides is 1. The Kier molecular flexibility index (Phi) is 6.34. The van der Waals surface area contributed by atoms with Gasteiger partial charge in [0.1, 0.15) is 12.7 Å². The number of aromatic nitrogens is 2. The molecule has 0 saturated carbocycles. The molecule has 0 saturated heterocycles. The van der Waals surface area contributed by atoms with Gasteiger partial charge in [-0.3, -0.25) is 14.2 Å². The maximum Gasteiger partial charge on any atom is 0.381 e. The number of nitro groups is 1. The minimum atomic E-state index is -1.04. The van der Waals surface area contributed by atoms with Crippen LogP contribution in [0.3, 0.4) is 0 Å². The number of rotatable bonds is 8. The van der Waals surface area contributed by atoms with Gasteiger partial charge in [-0.05, 0) is 33.9 Å². The van der Waals surface area contributed by atoms with Crippen LogP contribution in [0.1, 0.15) is 23.9 Å². The first kappa shape index (κ1) is 19.4. The second-order valence-electron chi connectivity index (χ2n) is 5.52. The average Bonchev–Trinajstić information content (AvgIpc) is 2.95. The SMILES string of the molecule is CSc1ccc(C(CC(=O)O)NC(=O)Cn2cc([N+](=O)[O-])nc2C)cc1. The fourth-order valence-electron chi connectivity index (χ4n) is 2.40. The summed E-state index contributed by atoms with van der Waals surface area (Å²) in [6, 6.07) is 6.55. The molecular weight excluding hydrogens is 360 g/mol. The van der Waals surface area contributed by atoms with Gasteiger partial charge in [-0.2, -0.15) is 0 Å². The fraction of sp³-hybridized carbons (Fsp3) is 0.312. The number of nitrogens with zero attached hydrogens (tertiary/aromatic N) is 3. The molecule has 0 aliphatic carbocycles. The van der Waals surface area contributed by atoms with Crippen molar-refractivity contribution in [1.82, 2.24) is 14.9 Å². The highest BCUT2D eigenvalue weighted by atomic mass is 32.2. The number of benzene rings is 1. The smallest absolute Gasteiger partial charge is 0.381 e. The largest absolute Gasteiger partial charge is 0.481 e. The number of hydrogen-bond acceptors (Lipinski definition) is 6. The molecule has 0 spiro atoms. The highest BCUT2D eigenvalue weighted by Gasteiger charge is 2.21. The highest BCUT2D eigenvalue weighted by molar-refractivity contribution is 7.98. The molecule has 0 aliphatic rings. The van der Waals surface area contributed by atoms with Crippen molar-refractivity contribution in [3.8, 4) is 0 Å². The first-order valence-electron chi connectivity index (χ1n) is 7.63. The van der Waals surface area contributed by atoms with Crippen LogP contribution in [0.2, 0.25) is 0 Å². The minimum Gasteiger partial charge on any atom is -0.481 e. The Hall–Kier alpha value is -2.88. The lowest BCUT2D eigenvalue weighted by Crippen LogP contribution is -2.33. The number of nitrogens with one attached hydrogen (secondary N) is 1. The van der Waals surface area contributed by atoms with Crippen molar-refractivity contribution in [2.45, 2.75) is 30.8 Å². The molecule has 1 aromatic heterocycles. The fourth-order valence-corrected chi connectivity index (χ4v) is 2.81. The Morgan fingerprint density at radius 2 is 2.04 bits per heavy atom. The van der Waals surface area contributed by atoms with Crippen molar-refractivity contribution in [2.75, 3.05) is 6.26 Å². The van der Waals surface area contributed by atoms with E-state index in [1.807, 2.05) is 18.4 Å². The van der Waals surface area contributed by atoms with Gasteiger partial charge in [0.25, 0.3) is 0 Å². The number of imidazole rings is 1. The normalized spacial score (nSPS) is 11.8. The number of carbonyl (C=O) groups is 2. The number of carbonyl (C=O) groups excluding carboxylic acids is 1. The number of aryl methyl sites for hydroxylation is 1. The molecule has 1 aromatic carbocycles. The lowest BCUT2D eigenvalue weighted by molar-refractivity contribution is -0.389. The summed E-state index contributed by atoms with van der Waals surface area (Å²) in [6.07, 6.45) is 2.83. The Morgan fingerprint density at radius 3 is 2.54 bits per heavy atom. The molecule has 0 bridgehead atoms. The van der Waals surface area contributed by atoms with E-state index in [4.69, 9.17) is 5.11 Å². The molecule has 2 N–H and O–H groups in total. The van der Waals surface area contributed by atoms with Crippen LogP contribution in [0.4, 0.5) is 5.82 Å². The van der Waals surface area contributed by atoms with Crippen LogP contribution in [-0.2, 0) is 16.1 Å². The summed E-state index contributed by atoms with van der Waals surface area (Å²) in [5, 5.41) is 22.5. The monoisotopic (exact) mass is 378 g/mol. The third-order valence-corrected chi connectivity index (χ3v) is 4.44. The van der Waals surface area contributed by atoms with Gasteiger partial charge < -0.3 is 20.5 Å². The number of aliphatic carboxylic acids is 1. The van der Waals surface area contributed by atoms with Crippen molar-refractivity contribution >= 4 is 29.5 Å². The third kappa shape index (κ3) is 5.06. The van der Waals surface area contributed by atoms with E-state index in [2.05, 4.69) is 10.3 Å². The Bertz CT molecular complexity index is 819. The van der Waals surface area contributed by atoms with Crippen molar-refractivity contribution in [3.63, 3.8) is 0 Å². The first-order chi connectivity index (χ1) is 12.3. The molecule has 1 atom stereocenters. The molecule has 0 fully saturated rings. The van der Waals surface area contributed by atoms with Gasteiger partial charge in [0, 0.05) is 11.8 Å². The Labute approximate surface area is 153 Å². The van der Waals surface area contributed by atoms with E-state index in [1.54, 1.807) is 30.8 Å². The first-order valence-corrected chi connectivity index (χ1v) is 8.86. The summed E-state index contributed by atoms with van der Waals surface area (Å²) >= 11 is 1.56. The van der Waals surface area contributed by atoms with Crippen LogP contribution in [-0.4, -0.2) is 37.7 Å². The maximum absolute atomic E-state index is 12.3. The number of thioether (sulfide) groups is 1. The average molecular weight is 378 g/mol. The molecule has 1 heterocycles. The van der Waals surface area contributed by atoms with Gasteiger partial charge in [-0.15, -0.1) is 11.8 Å². The summed E-state index contributed by atoms with van der Waals surface area (Å²) in [7, 11) is 0. The van der Waals surface area contributed by atoms with Gasteiger partial charge in [0.2, 0.25) is 11.7 Å². The van der Waals surface area contributed by atoms with Crippen LogP contribution in [0.5, 0.6) is 0 Å². The number of carboxylic acids is 1. The van der Waals surface area contributed by atoms with Crippen LogP contribution in [0, 0.1) is 17.0 Å². The van der Waals surface area contributed by atoms with E-state index in [1.165, 1.54) is 10.8 Å². The van der Waals surface area contributed by atoms with E-state index < -0.39 is 22.8 Å². The second kappa shape index (κ2) is 8.48. The van der Waals surface area contributed by atoms with Crippen molar-refractivity contribution in [1.29, 1.82) is 0 Å². The number of hydrogen-bond donors (Lipinski definition) is 2. The second-order valence-corrected chi connectivity index (χ2v) is 6.40. The zero-order chi connectivity index (χ0) is 19.3. The van der Waals surface area contributed by atoms with Crippen LogP contribution in [0.15, 0.2) is 35.4 Å². The van der Waals surface area contributed by atoms with Crippen LogP contribution in [0.25, 0.3) is 0 Å². The van der Waals surface area contributed by atoms with Gasteiger partial charge >= 0.3 is 11.8 Å². The summed E-state index contributed by atoms with van der Waals surface area (Å²) in [5.41, 5.74) is 0.673. The van der Waals surface area contributed by atoms with E-state index in [0.29, 0.717) is 11.4 Å². The van der Waals surface area contributed by atoms with Crippen LogP contribution < -0.4 is 5.32 Å². The van der Waals surface area contributed by atoms with E-state index in [-0.39, 0.29) is 18.8 Å². The van der Waals surface area contributed by atoms with E-state index >= 15 is 0 Å². The van der Waals surface area contributed by atoms with Crippen molar-refractivity contribution < 1.29 is 19.6 Å². The highest BCUT2D eigenvalue weighted by Crippen LogP contribution is 2.21. The number of carboxylic acid groups (broad SMARTS) is 1. The summed E-state index contributed by atoms with van der Waals surface area (Å²) in [4.78, 5) is 38.3. The van der Waals surface area contributed by atoms with Gasteiger partial charge in [-0.25, -0.2) is 0 Å². The quantitative estimate of drug-likeness (QED) is 0.409. The molecule has 26 heavy (non-hydrogen) atoms. The summed E-state index contributed by atoms with van der Waals surface area (Å²) in [5.74, 6) is -1.52. The summed E-state index contributed by atoms with van der Waals surface area (Å²) in [6.45, 7) is 1.36. The lowest BCUT2D eigenvalue weighted by Gasteiger charge is -2.18. The van der Waals surface area contributed by atoms with Gasteiger partial charge in [-0.1, -0.05) is 12.1 Å². The molecule has 0 radical (unpaired) electrons. The molecule has 0 aliphatic heterocycles. The predicted octanol–water partition coefficient (Wildman–Crippen LogP) is 2.15. The minimum absolute atomic E-state index is 0.189. The predicted molar refractivity (Wildman–Crippen MR) is 95.0 cm³/mol.